The van der Waals surface area contributed by atoms with Crippen molar-refractivity contribution in [1.29, 1.82) is 0 Å². The van der Waals surface area contributed by atoms with Crippen LogP contribution in [0.2, 0.25) is 0 Å². The average molecular weight is 385 g/mol. The Morgan fingerprint density at radius 2 is 1.71 bits per heavy atom. The van der Waals surface area contributed by atoms with Crippen LogP contribution in [0.15, 0.2) is 47.6 Å². The van der Waals surface area contributed by atoms with Crippen LogP contribution in [0.4, 0.5) is 0 Å². The number of carboxylic acids is 1. The van der Waals surface area contributed by atoms with Crippen molar-refractivity contribution in [2.45, 2.75) is 13.3 Å². The molecule has 2 rings (SSSR count). The Morgan fingerprint density at radius 3 is 2.32 bits per heavy atom. The lowest BCUT2D eigenvalue weighted by atomic mass is 10.0. The summed E-state index contributed by atoms with van der Waals surface area (Å²) in [5, 5.41) is 14.9. The summed E-state index contributed by atoms with van der Waals surface area (Å²) in [4.78, 5) is 22.8. The highest BCUT2D eigenvalue weighted by atomic mass is 16.5. The third-order valence-corrected chi connectivity index (χ3v) is 3.81. The molecule has 1 amide bonds. The predicted molar refractivity (Wildman–Crippen MR) is 101 cm³/mol. The normalized spacial score (nSPS) is 10.9. The summed E-state index contributed by atoms with van der Waals surface area (Å²) in [6, 6.07) is 11.8. The largest absolute Gasteiger partial charge is 0.550 e. The molecular formula is C20H21N2O6-. The zero-order valence-corrected chi connectivity index (χ0v) is 15.9. The van der Waals surface area contributed by atoms with Gasteiger partial charge in [0, 0.05) is 18.0 Å². The quantitative estimate of drug-likeness (QED) is 0.508. The maximum absolute atomic E-state index is 11.9. The summed E-state index contributed by atoms with van der Waals surface area (Å²) < 4.78 is 15.6. The fourth-order valence-corrected chi connectivity index (χ4v) is 2.36. The van der Waals surface area contributed by atoms with Crippen molar-refractivity contribution in [3.8, 4) is 17.2 Å². The second-order valence-electron chi connectivity index (χ2n) is 5.77. The molecular weight excluding hydrogens is 364 g/mol. The number of carbonyl (C=O) groups is 2. The third kappa shape index (κ3) is 6.01. The van der Waals surface area contributed by atoms with Crippen molar-refractivity contribution in [1.82, 2.24) is 5.43 Å². The number of methoxy groups -OCH3 is 2. The highest BCUT2D eigenvalue weighted by Crippen LogP contribution is 2.21. The molecule has 2 aromatic rings. The lowest BCUT2D eigenvalue weighted by Crippen LogP contribution is -2.26. The number of hydrazone groups is 1. The van der Waals surface area contributed by atoms with Crippen molar-refractivity contribution in [2.75, 3.05) is 20.8 Å². The van der Waals surface area contributed by atoms with Crippen LogP contribution < -0.4 is 24.7 Å². The van der Waals surface area contributed by atoms with Gasteiger partial charge in [-0.05, 0) is 55.0 Å². The van der Waals surface area contributed by atoms with Crippen LogP contribution in [0.3, 0.4) is 0 Å². The van der Waals surface area contributed by atoms with E-state index in [4.69, 9.17) is 14.2 Å². The number of nitrogens with one attached hydrogen (secondary N) is 1. The van der Waals surface area contributed by atoms with Gasteiger partial charge < -0.3 is 24.1 Å². The van der Waals surface area contributed by atoms with Crippen molar-refractivity contribution >= 4 is 17.6 Å². The van der Waals surface area contributed by atoms with Gasteiger partial charge in [0.05, 0.1) is 19.9 Å². The molecule has 0 aromatic heterocycles. The van der Waals surface area contributed by atoms with E-state index in [-0.39, 0.29) is 13.0 Å². The van der Waals surface area contributed by atoms with Crippen LogP contribution in [-0.4, -0.2) is 38.4 Å². The molecule has 148 valence electrons. The molecule has 0 unspecified atom stereocenters. The number of aliphatic carboxylic acids is 1. The van der Waals surface area contributed by atoms with E-state index in [0.717, 1.165) is 0 Å². The molecule has 0 spiro atoms. The molecule has 0 fully saturated rings. The van der Waals surface area contributed by atoms with Gasteiger partial charge in [-0.3, -0.25) is 4.79 Å². The minimum absolute atomic E-state index is 0.207. The second-order valence-corrected chi connectivity index (χ2v) is 5.77. The van der Waals surface area contributed by atoms with E-state index in [1.807, 2.05) is 0 Å². The van der Waals surface area contributed by atoms with Crippen LogP contribution in [-0.2, 0) is 16.0 Å². The Morgan fingerprint density at radius 1 is 1.04 bits per heavy atom. The third-order valence-electron chi connectivity index (χ3n) is 3.81. The van der Waals surface area contributed by atoms with Crippen molar-refractivity contribution in [2.24, 2.45) is 5.10 Å². The summed E-state index contributed by atoms with van der Waals surface area (Å²) >= 11 is 0. The first kappa shape index (κ1) is 20.8. The molecule has 8 heteroatoms. The molecule has 0 heterocycles. The molecule has 2 aromatic carbocycles. The molecule has 0 aliphatic heterocycles. The lowest BCUT2D eigenvalue weighted by Gasteiger charge is -2.11. The topological polar surface area (TPSA) is 109 Å². The molecule has 0 aliphatic rings. The predicted octanol–water partition coefficient (Wildman–Crippen LogP) is 0.915. The molecule has 0 aliphatic carbocycles. The Balaban J connectivity index is 1.96. The van der Waals surface area contributed by atoms with Gasteiger partial charge in [-0.25, -0.2) is 5.43 Å². The summed E-state index contributed by atoms with van der Waals surface area (Å²) in [6.07, 6.45) is -0.285. The molecule has 0 saturated carbocycles. The average Bonchev–Trinajstić information content (AvgIpc) is 2.70. The Bertz CT molecular complexity index is 861. The van der Waals surface area contributed by atoms with Crippen molar-refractivity contribution < 1.29 is 28.9 Å². The van der Waals surface area contributed by atoms with Gasteiger partial charge >= 0.3 is 0 Å². The molecule has 28 heavy (non-hydrogen) atoms. The molecule has 8 nitrogen and oxygen atoms in total. The molecule has 0 atom stereocenters. The number of carbonyl (C=O) groups excluding carboxylic acids is 2. The smallest absolute Gasteiger partial charge is 0.277 e. The van der Waals surface area contributed by atoms with E-state index in [1.54, 1.807) is 56.5 Å². The van der Waals surface area contributed by atoms with E-state index in [0.29, 0.717) is 34.1 Å². The minimum Gasteiger partial charge on any atom is -0.550 e. The van der Waals surface area contributed by atoms with Gasteiger partial charge in [0.2, 0.25) is 0 Å². The Labute approximate surface area is 162 Å². The highest BCUT2D eigenvalue weighted by molar-refractivity contribution is 5.99. The van der Waals surface area contributed by atoms with Gasteiger partial charge in [-0.2, -0.15) is 5.10 Å². The molecule has 0 bridgehead atoms. The van der Waals surface area contributed by atoms with Crippen LogP contribution in [0.1, 0.15) is 18.1 Å². The van der Waals surface area contributed by atoms with Gasteiger partial charge in [0.1, 0.15) is 17.2 Å². The number of hydrogen-bond donors (Lipinski definition) is 1. The van der Waals surface area contributed by atoms with Gasteiger partial charge in [0.15, 0.2) is 6.61 Å². The summed E-state index contributed by atoms with van der Waals surface area (Å²) in [5.41, 5.74) is 4.01. The zero-order chi connectivity index (χ0) is 20.5. The van der Waals surface area contributed by atoms with Crippen molar-refractivity contribution in [3.05, 3.63) is 53.6 Å². The van der Waals surface area contributed by atoms with Crippen LogP contribution in [0.25, 0.3) is 0 Å². The maximum Gasteiger partial charge on any atom is 0.277 e. The zero-order valence-electron chi connectivity index (χ0n) is 15.9. The first-order valence-corrected chi connectivity index (χ1v) is 8.40. The second kappa shape index (κ2) is 9.96. The number of benzene rings is 2. The number of rotatable bonds is 9. The minimum atomic E-state index is -1.21. The molecule has 1 N–H and O–H groups in total. The maximum atomic E-state index is 11.9. The standard InChI is InChI=1S/C20H22N2O6/c1-13(14-4-9-18(27-3)15(10-14)11-20(24)25)21-22-19(23)12-28-17-7-5-16(26-2)6-8-17/h4-10H,11-12H2,1-3H3,(H,22,23)(H,24,25)/p-1/b21-13-. The van der Waals surface area contributed by atoms with Crippen LogP contribution in [0, 0.1) is 0 Å². The highest BCUT2D eigenvalue weighted by Gasteiger charge is 2.08. The summed E-state index contributed by atoms with van der Waals surface area (Å²) in [5.74, 6) is 0.0126. The fraction of sp³-hybridized carbons (Fsp3) is 0.250. The first-order valence-electron chi connectivity index (χ1n) is 8.40. The molecule has 0 radical (unpaired) electrons. The van der Waals surface area contributed by atoms with Crippen LogP contribution in [0.5, 0.6) is 17.2 Å². The fourth-order valence-electron chi connectivity index (χ4n) is 2.36. The van der Waals surface area contributed by atoms with E-state index >= 15 is 0 Å². The van der Waals surface area contributed by atoms with E-state index in [2.05, 4.69) is 10.5 Å². The first-order chi connectivity index (χ1) is 13.4. The van der Waals surface area contributed by atoms with Gasteiger partial charge in [-0.1, -0.05) is 0 Å². The van der Waals surface area contributed by atoms with E-state index in [1.165, 1.54) is 7.11 Å². The summed E-state index contributed by atoms with van der Waals surface area (Å²) in [6.45, 7) is 1.48. The Hall–Kier alpha value is -3.55. The van der Waals surface area contributed by atoms with E-state index < -0.39 is 11.9 Å². The van der Waals surface area contributed by atoms with Gasteiger partial charge in [-0.15, -0.1) is 0 Å². The number of carboxylic acid groups (broad SMARTS) is 1. The van der Waals surface area contributed by atoms with E-state index in [9.17, 15) is 14.7 Å². The number of hydrogen-bond acceptors (Lipinski definition) is 7. The molecule has 0 saturated heterocycles. The van der Waals surface area contributed by atoms with Crippen molar-refractivity contribution in [3.63, 3.8) is 0 Å². The number of amides is 1. The summed E-state index contributed by atoms with van der Waals surface area (Å²) in [7, 11) is 3.02. The monoisotopic (exact) mass is 385 g/mol. The lowest BCUT2D eigenvalue weighted by molar-refractivity contribution is -0.304. The SMILES string of the molecule is COc1ccc(OCC(=O)N/N=C(/C)c2ccc(OC)c(CC(=O)[O-])c2)cc1. The van der Waals surface area contributed by atoms with Gasteiger partial charge in [0.25, 0.3) is 5.91 Å². The van der Waals surface area contributed by atoms with Crippen LogP contribution >= 0.6 is 0 Å². The number of ether oxygens (including phenoxy) is 3. The number of nitrogens with zero attached hydrogens (tertiary/aromatic N) is 1. The Kier molecular flexibility index (Phi) is 7.38.